The Morgan fingerprint density at radius 2 is 1.96 bits per heavy atom. The first kappa shape index (κ1) is 19.2. The van der Waals surface area contributed by atoms with Crippen molar-refractivity contribution in [2.45, 2.75) is 6.61 Å². The normalized spacial score (nSPS) is 10.4. The van der Waals surface area contributed by atoms with Gasteiger partial charge < -0.3 is 24.9 Å². The predicted octanol–water partition coefficient (Wildman–Crippen LogP) is 3.85. The van der Waals surface area contributed by atoms with Crippen LogP contribution < -0.4 is 15.8 Å². The van der Waals surface area contributed by atoms with E-state index in [9.17, 15) is 9.59 Å². The number of carbonyl (C=O) groups excluding carboxylic acids is 2. The van der Waals surface area contributed by atoms with Crippen molar-refractivity contribution in [1.29, 1.82) is 0 Å². The molecule has 3 rings (SSSR count). The number of amides is 2. The number of carbonyl (C=O) groups is 2. The van der Waals surface area contributed by atoms with Gasteiger partial charge in [-0.3, -0.25) is 0 Å². The van der Waals surface area contributed by atoms with E-state index in [2.05, 4.69) is 10.3 Å². The van der Waals surface area contributed by atoms with Crippen molar-refractivity contribution in [2.24, 2.45) is 5.73 Å². The number of nitrogens with two attached hydrogens (primary N) is 1. The summed E-state index contributed by atoms with van der Waals surface area (Å²) in [6, 6.07) is 10.8. The Morgan fingerprint density at radius 3 is 2.64 bits per heavy atom. The van der Waals surface area contributed by atoms with Crippen LogP contribution in [0.25, 0.3) is 11.5 Å². The summed E-state index contributed by atoms with van der Waals surface area (Å²) in [7, 11) is 1.58. The van der Waals surface area contributed by atoms with Crippen LogP contribution in [-0.4, -0.2) is 24.1 Å². The first-order valence-electron chi connectivity index (χ1n) is 8.08. The van der Waals surface area contributed by atoms with Gasteiger partial charge in [0.05, 0.1) is 17.7 Å². The Hall–Kier alpha value is -3.52. The summed E-state index contributed by atoms with van der Waals surface area (Å²) in [5, 5.41) is 2.55. The quantitative estimate of drug-likeness (QED) is 0.606. The first-order chi connectivity index (χ1) is 13.5. The lowest BCUT2D eigenvalue weighted by Crippen LogP contribution is -2.19. The molecule has 28 heavy (non-hydrogen) atoms. The van der Waals surface area contributed by atoms with Gasteiger partial charge in [0.2, 0.25) is 5.89 Å². The van der Waals surface area contributed by atoms with Crippen molar-refractivity contribution in [2.75, 3.05) is 12.4 Å². The fourth-order valence-electron chi connectivity index (χ4n) is 2.36. The Balaban J connectivity index is 1.66. The molecule has 0 spiro atoms. The average molecular weight is 402 g/mol. The van der Waals surface area contributed by atoms with Gasteiger partial charge >= 0.3 is 12.0 Å². The molecule has 3 aromatic rings. The third kappa shape index (κ3) is 4.60. The lowest BCUT2D eigenvalue weighted by molar-refractivity contribution is 0.0468. The fourth-order valence-corrected chi connectivity index (χ4v) is 2.55. The highest BCUT2D eigenvalue weighted by Gasteiger charge is 2.15. The number of hydrogen-bond donors (Lipinski definition) is 2. The van der Waals surface area contributed by atoms with Gasteiger partial charge in [-0.25, -0.2) is 14.6 Å². The molecule has 0 aliphatic heterocycles. The van der Waals surface area contributed by atoms with Crippen molar-refractivity contribution in [1.82, 2.24) is 4.98 Å². The molecule has 0 atom stereocenters. The maximum Gasteiger partial charge on any atom is 0.340 e. The number of ether oxygens (including phenoxy) is 2. The number of oxazole rings is 1. The van der Waals surface area contributed by atoms with E-state index >= 15 is 0 Å². The number of halogens is 1. The number of esters is 1. The number of aromatic nitrogens is 1. The zero-order valence-corrected chi connectivity index (χ0v) is 15.5. The van der Waals surface area contributed by atoms with Gasteiger partial charge in [-0.15, -0.1) is 0 Å². The van der Waals surface area contributed by atoms with Crippen LogP contribution in [0.2, 0.25) is 5.02 Å². The summed E-state index contributed by atoms with van der Waals surface area (Å²) in [5.74, 6) is 0.431. The number of nitrogens with zero attached hydrogens (tertiary/aromatic N) is 1. The highest BCUT2D eigenvalue weighted by molar-refractivity contribution is 6.33. The molecule has 3 N–H and O–H groups in total. The van der Waals surface area contributed by atoms with Gasteiger partial charge in [0.25, 0.3) is 0 Å². The number of benzene rings is 2. The summed E-state index contributed by atoms with van der Waals surface area (Å²) >= 11 is 6.03. The molecule has 0 saturated heterocycles. The summed E-state index contributed by atoms with van der Waals surface area (Å²) in [6.07, 6.45) is 1.40. The van der Waals surface area contributed by atoms with Gasteiger partial charge in [0.15, 0.2) is 0 Å². The molecule has 0 aliphatic rings. The Labute approximate surface area is 165 Å². The van der Waals surface area contributed by atoms with E-state index in [-0.39, 0.29) is 17.2 Å². The minimum Gasteiger partial charge on any atom is -0.497 e. The number of hydrogen-bond acceptors (Lipinski definition) is 6. The molecule has 2 amide bonds. The standard InChI is InChI=1S/C19H16ClN3O5/c1-26-14-5-2-11(3-6-14)17-22-13(9-27-17)10-28-18(24)15-8-12(23-19(21)25)4-7-16(15)20/h2-9H,10H2,1H3,(H3,21,23,25). The number of nitrogens with one attached hydrogen (secondary N) is 1. The average Bonchev–Trinajstić information content (AvgIpc) is 3.16. The van der Waals surface area contributed by atoms with E-state index in [0.717, 1.165) is 11.3 Å². The topological polar surface area (TPSA) is 117 Å². The molecule has 1 heterocycles. The van der Waals surface area contributed by atoms with E-state index in [1.54, 1.807) is 31.4 Å². The van der Waals surface area contributed by atoms with Crippen LogP contribution in [-0.2, 0) is 11.3 Å². The number of rotatable bonds is 6. The highest BCUT2D eigenvalue weighted by atomic mass is 35.5. The lowest BCUT2D eigenvalue weighted by Gasteiger charge is -2.07. The predicted molar refractivity (Wildman–Crippen MR) is 102 cm³/mol. The molecule has 144 valence electrons. The minimum atomic E-state index is -0.754. The molecule has 0 bridgehead atoms. The third-order valence-electron chi connectivity index (χ3n) is 3.69. The number of methoxy groups -OCH3 is 1. The number of urea groups is 1. The zero-order valence-electron chi connectivity index (χ0n) is 14.8. The van der Waals surface area contributed by atoms with Crippen molar-refractivity contribution in [3.8, 4) is 17.2 Å². The second-order valence-corrected chi connectivity index (χ2v) is 6.04. The second-order valence-electron chi connectivity index (χ2n) is 5.63. The van der Waals surface area contributed by atoms with E-state index < -0.39 is 12.0 Å². The Bertz CT molecular complexity index is 1000. The summed E-state index contributed by atoms with van der Waals surface area (Å²) in [5.41, 5.74) is 6.67. The van der Waals surface area contributed by atoms with Crippen LogP contribution in [0.4, 0.5) is 10.5 Å². The van der Waals surface area contributed by atoms with E-state index in [0.29, 0.717) is 17.3 Å². The molecule has 0 saturated carbocycles. The van der Waals surface area contributed by atoms with Crippen LogP contribution in [0.3, 0.4) is 0 Å². The van der Waals surface area contributed by atoms with Crippen LogP contribution in [0.15, 0.2) is 53.1 Å². The molecule has 1 aromatic heterocycles. The largest absolute Gasteiger partial charge is 0.497 e. The molecule has 2 aromatic carbocycles. The maximum absolute atomic E-state index is 12.3. The van der Waals surface area contributed by atoms with E-state index in [4.69, 9.17) is 31.2 Å². The molecule has 0 unspecified atom stereocenters. The minimum absolute atomic E-state index is 0.0896. The summed E-state index contributed by atoms with van der Waals surface area (Å²) in [6.45, 7) is -0.109. The fraction of sp³-hybridized carbons (Fsp3) is 0.105. The number of anilines is 1. The van der Waals surface area contributed by atoms with E-state index in [1.165, 1.54) is 24.5 Å². The highest BCUT2D eigenvalue weighted by Crippen LogP contribution is 2.24. The van der Waals surface area contributed by atoms with Crippen LogP contribution >= 0.6 is 11.6 Å². The van der Waals surface area contributed by atoms with Crippen molar-refractivity contribution in [3.63, 3.8) is 0 Å². The molecular formula is C19H16ClN3O5. The van der Waals surface area contributed by atoms with Crippen molar-refractivity contribution in [3.05, 3.63) is 65.0 Å². The van der Waals surface area contributed by atoms with Crippen LogP contribution in [0.1, 0.15) is 16.1 Å². The molecule has 0 fully saturated rings. The third-order valence-corrected chi connectivity index (χ3v) is 4.02. The van der Waals surface area contributed by atoms with Gasteiger partial charge in [-0.1, -0.05) is 11.6 Å². The lowest BCUT2D eigenvalue weighted by atomic mass is 10.2. The Kier molecular flexibility index (Phi) is 5.81. The SMILES string of the molecule is COc1ccc(-c2nc(COC(=O)c3cc(NC(N)=O)ccc3Cl)co2)cc1. The summed E-state index contributed by atoms with van der Waals surface area (Å²) in [4.78, 5) is 27.5. The maximum atomic E-state index is 12.3. The monoisotopic (exact) mass is 401 g/mol. The molecule has 0 aliphatic carbocycles. The molecule has 9 heteroatoms. The van der Waals surface area contributed by atoms with Crippen LogP contribution in [0, 0.1) is 0 Å². The zero-order chi connectivity index (χ0) is 20.1. The first-order valence-corrected chi connectivity index (χ1v) is 8.46. The summed E-state index contributed by atoms with van der Waals surface area (Å²) < 4.78 is 15.8. The molecule has 0 radical (unpaired) electrons. The van der Waals surface area contributed by atoms with Gasteiger partial charge in [0, 0.05) is 11.3 Å². The van der Waals surface area contributed by atoms with Crippen molar-refractivity contribution < 1.29 is 23.5 Å². The van der Waals surface area contributed by atoms with Crippen LogP contribution in [0.5, 0.6) is 5.75 Å². The van der Waals surface area contributed by atoms with Gasteiger partial charge in [-0.05, 0) is 42.5 Å². The second kappa shape index (κ2) is 8.45. The van der Waals surface area contributed by atoms with E-state index in [1.807, 2.05) is 0 Å². The van der Waals surface area contributed by atoms with Gasteiger partial charge in [-0.2, -0.15) is 0 Å². The van der Waals surface area contributed by atoms with Gasteiger partial charge in [0.1, 0.15) is 24.3 Å². The smallest absolute Gasteiger partial charge is 0.340 e. The number of primary amides is 1. The van der Waals surface area contributed by atoms with Crippen molar-refractivity contribution >= 4 is 29.3 Å². The Morgan fingerprint density at radius 1 is 1.21 bits per heavy atom. The molecule has 8 nitrogen and oxygen atoms in total. The molecular weight excluding hydrogens is 386 g/mol.